The summed E-state index contributed by atoms with van der Waals surface area (Å²) >= 11 is 0. The maximum Gasteiger partial charge on any atom is 0.318 e. The molecule has 4 rings (SSSR count). The molecule has 3 aliphatic rings. The Kier molecular flexibility index (Phi) is 2.19. The number of amides is 2. The number of nitrogens with zero attached hydrogens (tertiary/aromatic N) is 1. The van der Waals surface area contributed by atoms with Gasteiger partial charge in [0, 0.05) is 18.5 Å². The molecule has 96 valence electrons. The van der Waals surface area contributed by atoms with Gasteiger partial charge in [-0.15, -0.1) is 0 Å². The Hall–Kier alpha value is -1.45. The van der Waals surface area contributed by atoms with Gasteiger partial charge in [0.1, 0.15) is 5.76 Å². The number of fused-ring (bicyclic) bond motifs is 5. The molecule has 2 aliphatic carbocycles. The first-order valence-electron chi connectivity index (χ1n) is 6.90. The number of urea groups is 1. The zero-order chi connectivity index (χ0) is 12.1. The first-order valence-corrected chi connectivity index (χ1v) is 6.90. The van der Waals surface area contributed by atoms with E-state index in [1.165, 1.54) is 19.3 Å². The Labute approximate surface area is 106 Å². The first kappa shape index (κ1) is 10.5. The molecule has 0 unspecified atom stereocenters. The van der Waals surface area contributed by atoms with Gasteiger partial charge in [-0.3, -0.25) is 0 Å². The maximum absolute atomic E-state index is 12.1. The minimum Gasteiger partial charge on any atom is -0.467 e. The highest BCUT2D eigenvalue weighted by Gasteiger charge is 2.57. The molecule has 1 N–H and O–H groups in total. The number of carbonyl (C=O) groups is 1. The highest BCUT2D eigenvalue weighted by Crippen LogP contribution is 2.55. The van der Waals surface area contributed by atoms with E-state index in [2.05, 4.69) is 5.32 Å². The minimum atomic E-state index is 0.0835. The SMILES string of the molecule is O=C(NCc1ccco1)N1C[C@H]2[C@H]3CC[C@@H](C3)[C@@H]21. The Balaban J connectivity index is 1.36. The molecule has 3 fully saturated rings. The number of nitrogens with one attached hydrogen (secondary N) is 1. The zero-order valence-electron chi connectivity index (χ0n) is 10.3. The summed E-state index contributed by atoms with van der Waals surface area (Å²) in [5, 5.41) is 2.95. The zero-order valence-corrected chi connectivity index (χ0v) is 10.3. The highest BCUT2D eigenvalue weighted by molar-refractivity contribution is 5.75. The van der Waals surface area contributed by atoms with Gasteiger partial charge in [0.25, 0.3) is 0 Å². The largest absolute Gasteiger partial charge is 0.467 e. The molecule has 1 aromatic heterocycles. The van der Waals surface area contributed by atoms with Crippen molar-refractivity contribution in [1.29, 1.82) is 0 Å². The molecule has 2 saturated carbocycles. The predicted octanol–water partition coefficient (Wildman–Crippen LogP) is 2.22. The standard InChI is InChI=1S/C14H18N2O2/c17-14(15-7-11-2-1-5-18-11)16-8-12-9-3-4-10(6-9)13(12)16/h1-2,5,9-10,12-13H,3-4,6-8H2,(H,15,17)/t9-,10-,12-,13-/m0/s1. The molecule has 4 atom stereocenters. The molecular weight excluding hydrogens is 228 g/mol. The van der Waals surface area contributed by atoms with Gasteiger partial charge in [0.05, 0.1) is 12.8 Å². The maximum atomic E-state index is 12.1. The van der Waals surface area contributed by atoms with Crippen molar-refractivity contribution in [2.75, 3.05) is 6.54 Å². The topological polar surface area (TPSA) is 45.5 Å². The van der Waals surface area contributed by atoms with Gasteiger partial charge in [-0.25, -0.2) is 4.79 Å². The van der Waals surface area contributed by atoms with Gasteiger partial charge < -0.3 is 14.6 Å². The second-order valence-electron chi connectivity index (χ2n) is 5.88. The van der Waals surface area contributed by atoms with Crippen molar-refractivity contribution in [3.63, 3.8) is 0 Å². The van der Waals surface area contributed by atoms with Crippen LogP contribution in [0, 0.1) is 17.8 Å². The van der Waals surface area contributed by atoms with Crippen LogP contribution in [0.5, 0.6) is 0 Å². The molecule has 1 saturated heterocycles. The number of rotatable bonds is 2. The molecule has 0 aromatic carbocycles. The van der Waals surface area contributed by atoms with Crippen LogP contribution in [0.2, 0.25) is 0 Å². The van der Waals surface area contributed by atoms with Crippen LogP contribution in [0.3, 0.4) is 0 Å². The molecule has 4 heteroatoms. The molecule has 4 nitrogen and oxygen atoms in total. The summed E-state index contributed by atoms with van der Waals surface area (Å²) in [6, 6.07) is 4.36. The Morgan fingerprint density at radius 1 is 1.44 bits per heavy atom. The van der Waals surface area contributed by atoms with Crippen molar-refractivity contribution < 1.29 is 9.21 Å². The summed E-state index contributed by atoms with van der Waals surface area (Å²) in [5.41, 5.74) is 0. The quantitative estimate of drug-likeness (QED) is 0.869. The normalized spacial score (nSPS) is 36.3. The van der Waals surface area contributed by atoms with Crippen molar-refractivity contribution in [3.8, 4) is 0 Å². The number of hydrogen-bond acceptors (Lipinski definition) is 2. The molecule has 2 heterocycles. The van der Waals surface area contributed by atoms with Crippen LogP contribution in [0.25, 0.3) is 0 Å². The summed E-state index contributed by atoms with van der Waals surface area (Å²) < 4.78 is 5.22. The monoisotopic (exact) mass is 246 g/mol. The Bertz CT molecular complexity index is 454. The van der Waals surface area contributed by atoms with E-state index in [4.69, 9.17) is 4.42 Å². The average Bonchev–Trinajstić information content (AvgIpc) is 2.99. The van der Waals surface area contributed by atoms with Crippen LogP contribution in [0.4, 0.5) is 4.79 Å². The van der Waals surface area contributed by atoms with Gasteiger partial charge in [0.2, 0.25) is 0 Å². The van der Waals surface area contributed by atoms with Crippen molar-refractivity contribution >= 4 is 6.03 Å². The summed E-state index contributed by atoms with van der Waals surface area (Å²) in [6.45, 7) is 1.46. The fraction of sp³-hybridized carbons (Fsp3) is 0.643. The van der Waals surface area contributed by atoms with E-state index in [1.54, 1.807) is 6.26 Å². The van der Waals surface area contributed by atoms with Crippen molar-refractivity contribution in [1.82, 2.24) is 10.2 Å². The van der Waals surface area contributed by atoms with Crippen LogP contribution in [0.1, 0.15) is 25.0 Å². The fourth-order valence-electron chi connectivity index (χ4n) is 4.23. The molecule has 2 amide bonds. The van der Waals surface area contributed by atoms with Gasteiger partial charge in [0.15, 0.2) is 0 Å². The molecule has 0 radical (unpaired) electrons. The van der Waals surface area contributed by atoms with Gasteiger partial charge in [-0.1, -0.05) is 0 Å². The first-order chi connectivity index (χ1) is 8.83. The smallest absolute Gasteiger partial charge is 0.318 e. The second-order valence-corrected chi connectivity index (χ2v) is 5.88. The van der Waals surface area contributed by atoms with Crippen molar-refractivity contribution in [3.05, 3.63) is 24.2 Å². The van der Waals surface area contributed by atoms with E-state index in [-0.39, 0.29) is 6.03 Å². The van der Waals surface area contributed by atoms with Crippen LogP contribution < -0.4 is 5.32 Å². The summed E-state index contributed by atoms with van der Waals surface area (Å²) in [7, 11) is 0. The molecule has 1 aromatic rings. The third kappa shape index (κ3) is 1.41. The lowest BCUT2D eigenvalue weighted by atomic mass is 9.77. The third-order valence-electron chi connectivity index (χ3n) is 5.06. The lowest BCUT2D eigenvalue weighted by molar-refractivity contribution is 0.0120. The van der Waals surface area contributed by atoms with Crippen LogP contribution >= 0.6 is 0 Å². The van der Waals surface area contributed by atoms with Crippen LogP contribution in [-0.4, -0.2) is 23.5 Å². The molecule has 2 bridgehead atoms. The number of hydrogen-bond donors (Lipinski definition) is 1. The van der Waals surface area contributed by atoms with Crippen LogP contribution in [0.15, 0.2) is 22.8 Å². The van der Waals surface area contributed by atoms with E-state index < -0.39 is 0 Å². The highest BCUT2D eigenvalue weighted by atomic mass is 16.3. The Morgan fingerprint density at radius 3 is 3.11 bits per heavy atom. The molecule has 0 spiro atoms. The summed E-state index contributed by atoms with van der Waals surface area (Å²) in [4.78, 5) is 14.2. The lowest BCUT2D eigenvalue weighted by Gasteiger charge is -2.50. The number of carbonyl (C=O) groups excluding carboxylic acids is 1. The fourth-order valence-corrected chi connectivity index (χ4v) is 4.23. The molecular formula is C14H18N2O2. The molecule has 1 aliphatic heterocycles. The average molecular weight is 246 g/mol. The molecule has 18 heavy (non-hydrogen) atoms. The van der Waals surface area contributed by atoms with E-state index in [0.29, 0.717) is 12.6 Å². The minimum absolute atomic E-state index is 0.0835. The number of furan rings is 1. The number of likely N-dealkylation sites (tertiary alicyclic amines) is 1. The van der Waals surface area contributed by atoms with Gasteiger partial charge in [-0.05, 0) is 43.2 Å². The summed E-state index contributed by atoms with van der Waals surface area (Å²) in [6.07, 6.45) is 5.72. The lowest BCUT2D eigenvalue weighted by Crippen LogP contribution is -2.63. The van der Waals surface area contributed by atoms with E-state index >= 15 is 0 Å². The van der Waals surface area contributed by atoms with E-state index in [1.807, 2.05) is 17.0 Å². The third-order valence-corrected chi connectivity index (χ3v) is 5.06. The second kappa shape index (κ2) is 3.77. The Morgan fingerprint density at radius 2 is 2.33 bits per heavy atom. The van der Waals surface area contributed by atoms with Crippen LogP contribution in [-0.2, 0) is 6.54 Å². The predicted molar refractivity (Wildman–Crippen MR) is 65.8 cm³/mol. The van der Waals surface area contributed by atoms with E-state index in [9.17, 15) is 4.79 Å². The summed E-state index contributed by atoms with van der Waals surface area (Å²) in [5.74, 6) is 3.31. The van der Waals surface area contributed by atoms with Gasteiger partial charge >= 0.3 is 6.03 Å². The van der Waals surface area contributed by atoms with Gasteiger partial charge in [-0.2, -0.15) is 0 Å². The van der Waals surface area contributed by atoms with Crippen molar-refractivity contribution in [2.45, 2.75) is 31.8 Å². The van der Waals surface area contributed by atoms with E-state index in [0.717, 1.165) is 30.1 Å². The van der Waals surface area contributed by atoms with Crippen molar-refractivity contribution in [2.24, 2.45) is 17.8 Å².